The van der Waals surface area contributed by atoms with Crippen molar-refractivity contribution in [1.82, 2.24) is 0 Å². The van der Waals surface area contributed by atoms with Crippen LogP contribution in [-0.4, -0.2) is 7.05 Å². The molecule has 2 aromatic rings. The standard InChI is InChI=1S/C14H13N.3HI/c1-15-13-8-4-2-6-11(13)10-12-7-3-5-9-14(12)15;;;/h2-9H,10H2,1H3;3*1H. The molecular weight excluding hydrogens is 563 g/mol. The number of benzene rings is 2. The highest BCUT2D eigenvalue weighted by atomic mass is 127. The van der Waals surface area contributed by atoms with E-state index >= 15 is 0 Å². The van der Waals surface area contributed by atoms with Gasteiger partial charge in [-0.05, 0) is 23.3 Å². The lowest BCUT2D eigenvalue weighted by atomic mass is 9.96. The Labute approximate surface area is 159 Å². The molecule has 0 amide bonds. The van der Waals surface area contributed by atoms with Crippen molar-refractivity contribution < 1.29 is 0 Å². The zero-order valence-electron chi connectivity index (χ0n) is 10.00. The molecule has 0 aromatic heterocycles. The molecule has 98 valence electrons. The molecule has 2 aromatic carbocycles. The van der Waals surface area contributed by atoms with Crippen LogP contribution in [0, 0.1) is 0 Å². The summed E-state index contributed by atoms with van der Waals surface area (Å²) >= 11 is 0. The lowest BCUT2D eigenvalue weighted by Gasteiger charge is -2.29. The number of nitrogens with zero attached hydrogens (tertiary/aromatic N) is 1. The molecule has 1 aliphatic rings. The number of halogens is 3. The average Bonchev–Trinajstić information content (AvgIpc) is 2.30. The molecule has 0 aliphatic carbocycles. The predicted octanol–water partition coefficient (Wildman–Crippen LogP) is 5.21. The number of para-hydroxylation sites is 2. The molecule has 0 spiro atoms. The van der Waals surface area contributed by atoms with Crippen molar-refractivity contribution >= 4 is 83.3 Å². The van der Waals surface area contributed by atoms with E-state index in [9.17, 15) is 0 Å². The molecule has 0 N–H and O–H groups in total. The molecule has 0 unspecified atom stereocenters. The minimum absolute atomic E-state index is 0. The minimum atomic E-state index is 0. The molecule has 0 saturated heterocycles. The monoisotopic (exact) mass is 579 g/mol. The van der Waals surface area contributed by atoms with Crippen LogP contribution in [0.1, 0.15) is 11.1 Å². The summed E-state index contributed by atoms with van der Waals surface area (Å²) in [7, 11) is 2.14. The third-order valence-corrected chi connectivity index (χ3v) is 3.09. The van der Waals surface area contributed by atoms with Gasteiger partial charge in [-0.2, -0.15) is 0 Å². The highest BCUT2D eigenvalue weighted by Gasteiger charge is 2.17. The van der Waals surface area contributed by atoms with Gasteiger partial charge in [0.15, 0.2) is 0 Å². The van der Waals surface area contributed by atoms with Crippen LogP contribution in [0.4, 0.5) is 11.4 Å². The first-order valence-corrected chi connectivity index (χ1v) is 5.26. The van der Waals surface area contributed by atoms with Gasteiger partial charge < -0.3 is 4.90 Å². The van der Waals surface area contributed by atoms with E-state index in [0.29, 0.717) is 0 Å². The van der Waals surface area contributed by atoms with Crippen LogP contribution >= 0.6 is 71.9 Å². The van der Waals surface area contributed by atoms with Gasteiger partial charge in [0, 0.05) is 24.8 Å². The fraction of sp³-hybridized carbons (Fsp3) is 0.143. The van der Waals surface area contributed by atoms with Crippen LogP contribution in [0.5, 0.6) is 0 Å². The Kier molecular flexibility index (Phi) is 8.07. The van der Waals surface area contributed by atoms with E-state index < -0.39 is 0 Å². The summed E-state index contributed by atoms with van der Waals surface area (Å²) in [5, 5.41) is 0. The van der Waals surface area contributed by atoms with Crippen molar-refractivity contribution in [1.29, 1.82) is 0 Å². The summed E-state index contributed by atoms with van der Waals surface area (Å²) < 4.78 is 0. The van der Waals surface area contributed by atoms with Gasteiger partial charge in [0.2, 0.25) is 0 Å². The van der Waals surface area contributed by atoms with Crippen LogP contribution in [0.15, 0.2) is 48.5 Å². The van der Waals surface area contributed by atoms with Gasteiger partial charge in [-0.3, -0.25) is 0 Å². The predicted molar refractivity (Wildman–Crippen MR) is 110 cm³/mol. The average molecular weight is 579 g/mol. The zero-order valence-corrected chi connectivity index (χ0v) is 17.0. The van der Waals surface area contributed by atoms with E-state index in [4.69, 9.17) is 0 Å². The third-order valence-electron chi connectivity index (χ3n) is 3.09. The van der Waals surface area contributed by atoms with Crippen LogP contribution in [0.2, 0.25) is 0 Å². The van der Waals surface area contributed by atoms with Gasteiger partial charge in [-0.1, -0.05) is 36.4 Å². The molecule has 0 saturated carbocycles. The maximum absolute atomic E-state index is 2.27. The molecular formula is C14H16I3N. The number of rotatable bonds is 0. The maximum atomic E-state index is 2.27. The van der Waals surface area contributed by atoms with Crippen molar-refractivity contribution in [3.8, 4) is 0 Å². The number of anilines is 2. The Bertz CT molecular complexity index is 468. The van der Waals surface area contributed by atoms with Crippen molar-refractivity contribution in [2.45, 2.75) is 6.42 Å². The van der Waals surface area contributed by atoms with Crippen molar-refractivity contribution in [3.05, 3.63) is 59.7 Å². The van der Waals surface area contributed by atoms with E-state index in [1.54, 1.807) is 0 Å². The van der Waals surface area contributed by atoms with Gasteiger partial charge in [0.25, 0.3) is 0 Å². The van der Waals surface area contributed by atoms with Gasteiger partial charge in [-0.25, -0.2) is 0 Å². The highest BCUT2D eigenvalue weighted by Crippen LogP contribution is 2.36. The topological polar surface area (TPSA) is 3.24 Å². The molecule has 0 atom stereocenters. The first-order chi connectivity index (χ1) is 7.36. The van der Waals surface area contributed by atoms with Crippen molar-refractivity contribution in [2.75, 3.05) is 11.9 Å². The normalized spacial score (nSPS) is 11.1. The lowest BCUT2D eigenvalue weighted by Crippen LogP contribution is -2.18. The summed E-state index contributed by atoms with van der Waals surface area (Å²) in [6, 6.07) is 17.2. The number of fused-ring (bicyclic) bond motifs is 2. The molecule has 1 heterocycles. The fourth-order valence-corrected chi connectivity index (χ4v) is 2.31. The third kappa shape index (κ3) is 3.30. The number of hydrogen-bond acceptors (Lipinski definition) is 1. The van der Waals surface area contributed by atoms with Gasteiger partial charge in [-0.15, -0.1) is 71.9 Å². The molecule has 4 heteroatoms. The van der Waals surface area contributed by atoms with E-state index in [2.05, 4.69) is 60.5 Å². The van der Waals surface area contributed by atoms with Crippen molar-refractivity contribution in [3.63, 3.8) is 0 Å². The Morgan fingerprint density at radius 2 is 1.11 bits per heavy atom. The minimum Gasteiger partial charge on any atom is -0.344 e. The van der Waals surface area contributed by atoms with Crippen molar-refractivity contribution in [2.24, 2.45) is 0 Å². The Hall–Kier alpha value is 0.430. The Morgan fingerprint density at radius 3 is 1.56 bits per heavy atom. The Morgan fingerprint density at radius 1 is 0.722 bits per heavy atom. The Balaban J connectivity index is 0.000000963. The molecule has 3 rings (SSSR count). The largest absolute Gasteiger partial charge is 0.344 e. The smallest absolute Gasteiger partial charge is 0.0444 e. The highest BCUT2D eigenvalue weighted by molar-refractivity contribution is 14.0. The van der Waals surface area contributed by atoms with E-state index in [-0.39, 0.29) is 71.9 Å². The van der Waals surface area contributed by atoms with Crippen LogP contribution in [0.25, 0.3) is 0 Å². The molecule has 0 bridgehead atoms. The second kappa shape index (κ2) is 7.88. The van der Waals surface area contributed by atoms with Gasteiger partial charge in [0.1, 0.15) is 0 Å². The van der Waals surface area contributed by atoms with E-state index in [0.717, 1.165) is 6.42 Å². The summed E-state index contributed by atoms with van der Waals surface area (Å²) in [6.07, 6.45) is 1.05. The molecule has 18 heavy (non-hydrogen) atoms. The van der Waals surface area contributed by atoms with Crippen LogP contribution < -0.4 is 4.90 Å². The van der Waals surface area contributed by atoms with Crippen LogP contribution in [0.3, 0.4) is 0 Å². The zero-order chi connectivity index (χ0) is 10.3. The second-order valence-electron chi connectivity index (χ2n) is 3.99. The van der Waals surface area contributed by atoms with E-state index in [1.807, 2.05) is 0 Å². The number of hydrogen-bond donors (Lipinski definition) is 0. The first-order valence-electron chi connectivity index (χ1n) is 5.26. The molecule has 0 radical (unpaired) electrons. The quantitative estimate of drug-likeness (QED) is 0.388. The first kappa shape index (κ1) is 18.4. The second-order valence-corrected chi connectivity index (χ2v) is 3.99. The summed E-state index contributed by atoms with van der Waals surface area (Å²) in [5.41, 5.74) is 5.49. The molecule has 0 fully saturated rings. The molecule has 1 nitrogen and oxygen atoms in total. The molecule has 1 aliphatic heterocycles. The lowest BCUT2D eigenvalue weighted by molar-refractivity contribution is 1.06. The van der Waals surface area contributed by atoms with E-state index in [1.165, 1.54) is 22.5 Å². The summed E-state index contributed by atoms with van der Waals surface area (Å²) in [6.45, 7) is 0. The van der Waals surface area contributed by atoms with Crippen LogP contribution in [-0.2, 0) is 6.42 Å². The van der Waals surface area contributed by atoms with Gasteiger partial charge in [0.05, 0.1) is 0 Å². The van der Waals surface area contributed by atoms with Gasteiger partial charge >= 0.3 is 0 Å². The maximum Gasteiger partial charge on any atom is 0.0444 e. The summed E-state index contributed by atoms with van der Waals surface area (Å²) in [4.78, 5) is 2.27. The fourth-order valence-electron chi connectivity index (χ4n) is 2.31. The SMILES string of the molecule is CN1c2ccccc2Cc2ccccc21.I.I.I. The summed E-state index contributed by atoms with van der Waals surface area (Å²) in [5.74, 6) is 0.